The largest absolute Gasteiger partial charge is 0.399 e. The van der Waals surface area contributed by atoms with Gasteiger partial charge in [-0.2, -0.15) is 5.26 Å². The maximum absolute atomic E-state index is 11.9. The van der Waals surface area contributed by atoms with Gasteiger partial charge >= 0.3 is 0 Å². The van der Waals surface area contributed by atoms with E-state index in [2.05, 4.69) is 11.4 Å². The molecule has 5 heteroatoms. The zero-order valence-electron chi connectivity index (χ0n) is 11.4. The number of carbonyl (C=O) groups is 1. The fourth-order valence-electron chi connectivity index (χ4n) is 1.38. The first-order valence-corrected chi connectivity index (χ1v) is 7.06. The fraction of sp³-hybridized carbons (Fsp3) is 0.429. The average Bonchev–Trinajstić information content (AvgIpc) is 2.36. The van der Waals surface area contributed by atoms with Gasteiger partial charge in [-0.15, -0.1) is 11.8 Å². The summed E-state index contributed by atoms with van der Waals surface area (Å²) in [5.41, 5.74) is 5.52. The third-order valence-electron chi connectivity index (χ3n) is 3.01. The molecule has 0 saturated carbocycles. The molecular formula is C14H19N3OS. The van der Waals surface area contributed by atoms with Crippen molar-refractivity contribution < 1.29 is 4.79 Å². The molecular weight excluding hydrogens is 258 g/mol. The van der Waals surface area contributed by atoms with Crippen LogP contribution < -0.4 is 11.1 Å². The highest BCUT2D eigenvalue weighted by molar-refractivity contribution is 8.00. The van der Waals surface area contributed by atoms with E-state index in [0.717, 1.165) is 4.90 Å². The van der Waals surface area contributed by atoms with E-state index in [1.165, 1.54) is 11.8 Å². The van der Waals surface area contributed by atoms with Crippen molar-refractivity contribution in [2.45, 2.75) is 31.2 Å². The second-order valence-electron chi connectivity index (χ2n) is 4.88. The Morgan fingerprint density at radius 2 is 2.26 bits per heavy atom. The summed E-state index contributed by atoms with van der Waals surface area (Å²) in [7, 11) is 0. The Hall–Kier alpha value is -1.67. The lowest BCUT2D eigenvalue weighted by Crippen LogP contribution is -2.49. The van der Waals surface area contributed by atoms with E-state index in [4.69, 9.17) is 11.0 Å². The predicted octanol–water partition coefficient (Wildman–Crippen LogP) is 2.42. The van der Waals surface area contributed by atoms with Crippen molar-refractivity contribution >= 4 is 23.4 Å². The van der Waals surface area contributed by atoms with Crippen molar-refractivity contribution in [1.29, 1.82) is 5.26 Å². The number of nitrogens with one attached hydrogen (secondary N) is 1. The van der Waals surface area contributed by atoms with Crippen molar-refractivity contribution in [3.8, 4) is 6.07 Å². The Morgan fingerprint density at radius 1 is 1.58 bits per heavy atom. The van der Waals surface area contributed by atoms with Crippen LogP contribution in [0.2, 0.25) is 0 Å². The number of benzene rings is 1. The van der Waals surface area contributed by atoms with Crippen molar-refractivity contribution in [2.75, 3.05) is 11.5 Å². The van der Waals surface area contributed by atoms with E-state index in [1.54, 1.807) is 13.0 Å². The Balaban J connectivity index is 2.55. The van der Waals surface area contributed by atoms with Crippen LogP contribution in [0.15, 0.2) is 29.2 Å². The summed E-state index contributed by atoms with van der Waals surface area (Å²) in [6, 6.07) is 9.53. The van der Waals surface area contributed by atoms with Gasteiger partial charge in [-0.25, -0.2) is 0 Å². The van der Waals surface area contributed by atoms with Gasteiger partial charge in [-0.3, -0.25) is 4.79 Å². The van der Waals surface area contributed by atoms with Crippen LogP contribution >= 0.6 is 11.8 Å². The van der Waals surface area contributed by atoms with Crippen LogP contribution in [0.5, 0.6) is 0 Å². The van der Waals surface area contributed by atoms with Crippen molar-refractivity contribution in [3.05, 3.63) is 24.3 Å². The number of nitrogens with two attached hydrogens (primary N) is 1. The zero-order chi connectivity index (χ0) is 14.5. The number of nitrogens with zero attached hydrogens (tertiary/aromatic N) is 1. The van der Waals surface area contributed by atoms with Crippen molar-refractivity contribution in [2.24, 2.45) is 5.92 Å². The number of thioether (sulfide) groups is 1. The van der Waals surface area contributed by atoms with Gasteiger partial charge in [0.2, 0.25) is 5.91 Å². The number of hydrogen-bond acceptors (Lipinski definition) is 4. The SMILES string of the molecule is CC(C)C(C)(C#N)NC(=O)CSc1cccc(N)c1. The molecule has 0 fully saturated rings. The lowest BCUT2D eigenvalue weighted by Gasteiger charge is -2.27. The van der Waals surface area contributed by atoms with Crippen LogP contribution in [-0.4, -0.2) is 17.2 Å². The molecule has 1 aromatic carbocycles. The quantitative estimate of drug-likeness (QED) is 0.640. The third kappa shape index (κ3) is 4.49. The summed E-state index contributed by atoms with van der Waals surface area (Å²) in [4.78, 5) is 12.8. The number of carbonyl (C=O) groups excluding carboxylic acids is 1. The van der Waals surface area contributed by atoms with Gasteiger partial charge in [-0.1, -0.05) is 19.9 Å². The third-order valence-corrected chi connectivity index (χ3v) is 4.01. The van der Waals surface area contributed by atoms with Gasteiger partial charge in [0.25, 0.3) is 0 Å². The molecule has 1 amide bonds. The van der Waals surface area contributed by atoms with Crippen LogP contribution in [0.25, 0.3) is 0 Å². The Bertz CT molecular complexity index is 496. The number of anilines is 1. The molecule has 102 valence electrons. The topological polar surface area (TPSA) is 78.9 Å². The second kappa shape index (κ2) is 6.48. The minimum Gasteiger partial charge on any atom is -0.399 e. The Labute approximate surface area is 118 Å². The van der Waals surface area contributed by atoms with E-state index >= 15 is 0 Å². The minimum atomic E-state index is -0.826. The molecule has 1 rings (SSSR count). The summed E-state index contributed by atoms with van der Waals surface area (Å²) in [6.07, 6.45) is 0. The number of hydrogen-bond donors (Lipinski definition) is 2. The second-order valence-corrected chi connectivity index (χ2v) is 5.93. The molecule has 1 atom stereocenters. The molecule has 0 saturated heterocycles. The van der Waals surface area contributed by atoms with E-state index in [1.807, 2.05) is 32.0 Å². The molecule has 0 aliphatic carbocycles. The molecule has 4 nitrogen and oxygen atoms in total. The molecule has 0 radical (unpaired) electrons. The summed E-state index contributed by atoms with van der Waals surface area (Å²) >= 11 is 1.40. The van der Waals surface area contributed by atoms with Gasteiger partial charge in [0.05, 0.1) is 11.8 Å². The lowest BCUT2D eigenvalue weighted by atomic mass is 9.90. The first-order chi connectivity index (χ1) is 8.87. The summed E-state index contributed by atoms with van der Waals surface area (Å²) in [5.74, 6) is 0.178. The minimum absolute atomic E-state index is 0.0545. The zero-order valence-corrected chi connectivity index (χ0v) is 12.3. The highest BCUT2D eigenvalue weighted by Crippen LogP contribution is 2.21. The van der Waals surface area contributed by atoms with E-state index in [0.29, 0.717) is 5.69 Å². The maximum Gasteiger partial charge on any atom is 0.231 e. The van der Waals surface area contributed by atoms with E-state index < -0.39 is 5.54 Å². The fourth-order valence-corrected chi connectivity index (χ4v) is 2.14. The van der Waals surface area contributed by atoms with Gasteiger partial charge in [0, 0.05) is 10.6 Å². The number of nitrogen functional groups attached to an aromatic ring is 1. The first-order valence-electron chi connectivity index (χ1n) is 6.08. The highest BCUT2D eigenvalue weighted by atomic mass is 32.2. The van der Waals surface area contributed by atoms with Crippen LogP contribution in [-0.2, 0) is 4.79 Å². The molecule has 1 unspecified atom stereocenters. The molecule has 0 aliphatic rings. The molecule has 0 heterocycles. The molecule has 3 N–H and O–H groups in total. The van der Waals surface area contributed by atoms with E-state index in [-0.39, 0.29) is 17.6 Å². The van der Waals surface area contributed by atoms with Crippen LogP contribution in [0.4, 0.5) is 5.69 Å². The van der Waals surface area contributed by atoms with Gasteiger partial charge in [0.1, 0.15) is 5.54 Å². The number of nitriles is 1. The number of amides is 1. The molecule has 19 heavy (non-hydrogen) atoms. The Morgan fingerprint density at radius 3 is 2.79 bits per heavy atom. The molecule has 0 bridgehead atoms. The number of rotatable bonds is 5. The average molecular weight is 277 g/mol. The van der Waals surface area contributed by atoms with Gasteiger partial charge < -0.3 is 11.1 Å². The standard InChI is InChI=1S/C14H19N3OS/c1-10(2)14(3,9-15)17-13(18)8-19-12-6-4-5-11(16)7-12/h4-7,10H,8,16H2,1-3H3,(H,17,18). The highest BCUT2D eigenvalue weighted by Gasteiger charge is 2.29. The van der Waals surface area contributed by atoms with Crippen LogP contribution in [0.3, 0.4) is 0 Å². The summed E-state index contributed by atoms with van der Waals surface area (Å²) in [5, 5.41) is 11.9. The van der Waals surface area contributed by atoms with Crippen molar-refractivity contribution in [3.63, 3.8) is 0 Å². The van der Waals surface area contributed by atoms with Gasteiger partial charge in [-0.05, 0) is 31.0 Å². The molecule has 0 spiro atoms. The van der Waals surface area contributed by atoms with Crippen LogP contribution in [0, 0.1) is 17.2 Å². The van der Waals surface area contributed by atoms with Gasteiger partial charge in [0.15, 0.2) is 0 Å². The molecule has 0 aromatic heterocycles. The molecule has 1 aromatic rings. The smallest absolute Gasteiger partial charge is 0.231 e. The summed E-state index contributed by atoms with van der Waals surface area (Å²) < 4.78 is 0. The normalized spacial score (nSPS) is 13.6. The maximum atomic E-state index is 11.9. The predicted molar refractivity (Wildman–Crippen MR) is 78.6 cm³/mol. The Kier molecular flexibility index (Phi) is 5.25. The lowest BCUT2D eigenvalue weighted by molar-refractivity contribution is -0.120. The van der Waals surface area contributed by atoms with E-state index in [9.17, 15) is 4.79 Å². The monoisotopic (exact) mass is 277 g/mol. The van der Waals surface area contributed by atoms with Crippen molar-refractivity contribution in [1.82, 2.24) is 5.32 Å². The first kappa shape index (κ1) is 15.4. The summed E-state index contributed by atoms with van der Waals surface area (Å²) in [6.45, 7) is 5.56. The van der Waals surface area contributed by atoms with Crippen LogP contribution in [0.1, 0.15) is 20.8 Å². The molecule has 0 aliphatic heterocycles.